The van der Waals surface area contributed by atoms with Crippen LogP contribution in [0.1, 0.15) is 16.3 Å². The van der Waals surface area contributed by atoms with E-state index in [-0.39, 0.29) is 18.3 Å². The molecular formula is C17H17N3O4. The summed E-state index contributed by atoms with van der Waals surface area (Å²) < 4.78 is 17.8. The van der Waals surface area contributed by atoms with Gasteiger partial charge in [-0.15, -0.1) is 0 Å². The third-order valence-corrected chi connectivity index (χ3v) is 3.28. The number of carbonyl (C=O) groups excluding carboxylic acids is 1. The minimum Gasteiger partial charge on any atom is -0.497 e. The third kappa shape index (κ3) is 3.75. The lowest BCUT2D eigenvalue weighted by molar-refractivity contribution is 0.0992. The summed E-state index contributed by atoms with van der Waals surface area (Å²) in [6.07, 6.45) is 1.74. The lowest BCUT2D eigenvalue weighted by Gasteiger charge is -2.05. The molecule has 1 aromatic carbocycles. The minimum atomic E-state index is -0.357. The summed E-state index contributed by atoms with van der Waals surface area (Å²) in [5.41, 5.74) is 0. The predicted molar refractivity (Wildman–Crippen MR) is 87.2 cm³/mol. The number of hydrogen-bond donors (Lipinski definition) is 1. The molecule has 1 amide bonds. The van der Waals surface area contributed by atoms with Crippen LogP contribution in [0.5, 0.6) is 11.5 Å². The minimum absolute atomic E-state index is 0.203. The number of aromatic nitrogens is 2. The van der Waals surface area contributed by atoms with E-state index >= 15 is 0 Å². The van der Waals surface area contributed by atoms with Crippen molar-refractivity contribution in [1.82, 2.24) is 9.78 Å². The Hall–Kier alpha value is -3.22. The molecule has 0 aliphatic rings. The van der Waals surface area contributed by atoms with E-state index in [2.05, 4.69) is 10.4 Å². The number of benzene rings is 1. The fraction of sp³-hybridized carbons (Fsp3) is 0.176. The molecule has 2 heterocycles. The number of rotatable bonds is 6. The zero-order chi connectivity index (χ0) is 16.9. The average Bonchev–Trinajstić information content (AvgIpc) is 3.22. The van der Waals surface area contributed by atoms with Crippen LogP contribution in [0.2, 0.25) is 0 Å². The van der Waals surface area contributed by atoms with Crippen LogP contribution in [-0.4, -0.2) is 22.8 Å². The van der Waals surface area contributed by atoms with Gasteiger partial charge in [0.25, 0.3) is 5.91 Å². The molecule has 3 rings (SSSR count). The lowest BCUT2D eigenvalue weighted by atomic mass is 10.3. The number of anilines is 1. The first kappa shape index (κ1) is 15.7. The number of furan rings is 1. The summed E-state index contributed by atoms with van der Waals surface area (Å²) in [5.74, 6) is 2.31. The molecule has 7 heteroatoms. The van der Waals surface area contributed by atoms with Crippen LogP contribution in [-0.2, 0) is 13.7 Å². The van der Waals surface area contributed by atoms with Gasteiger partial charge in [0.05, 0.1) is 7.11 Å². The van der Waals surface area contributed by atoms with E-state index in [4.69, 9.17) is 13.9 Å². The smallest absolute Gasteiger partial charge is 0.292 e. The molecule has 0 fully saturated rings. The summed E-state index contributed by atoms with van der Waals surface area (Å²) >= 11 is 0. The Morgan fingerprint density at radius 3 is 2.58 bits per heavy atom. The summed E-state index contributed by atoms with van der Waals surface area (Å²) in [4.78, 5) is 12.1. The van der Waals surface area contributed by atoms with Crippen LogP contribution in [0.15, 0.2) is 53.1 Å². The first-order valence-electron chi connectivity index (χ1n) is 7.30. The van der Waals surface area contributed by atoms with Gasteiger partial charge < -0.3 is 19.2 Å². The second kappa shape index (κ2) is 6.91. The Morgan fingerprint density at radius 1 is 1.17 bits per heavy atom. The van der Waals surface area contributed by atoms with Crippen LogP contribution >= 0.6 is 0 Å². The van der Waals surface area contributed by atoms with Gasteiger partial charge in [-0.3, -0.25) is 9.48 Å². The summed E-state index contributed by atoms with van der Waals surface area (Å²) in [5, 5.41) is 6.74. The van der Waals surface area contributed by atoms with E-state index in [1.807, 2.05) is 12.1 Å². The van der Waals surface area contributed by atoms with Crippen molar-refractivity contribution in [3.8, 4) is 11.5 Å². The van der Waals surface area contributed by atoms with Crippen LogP contribution < -0.4 is 14.8 Å². The van der Waals surface area contributed by atoms with E-state index < -0.39 is 0 Å². The average molecular weight is 327 g/mol. The summed E-state index contributed by atoms with van der Waals surface area (Å²) in [7, 11) is 3.38. The van der Waals surface area contributed by atoms with E-state index in [1.54, 1.807) is 55.4 Å². The molecular weight excluding hydrogens is 310 g/mol. The SMILES string of the molecule is COc1ccc(OCc2ccc(C(=O)Nc3ccn(C)n3)o2)cc1. The maximum absolute atomic E-state index is 12.1. The fourth-order valence-electron chi connectivity index (χ4n) is 2.06. The zero-order valence-corrected chi connectivity index (χ0v) is 13.4. The van der Waals surface area contributed by atoms with Crippen molar-refractivity contribution >= 4 is 11.7 Å². The predicted octanol–water partition coefficient (Wildman–Crippen LogP) is 2.85. The Kier molecular flexibility index (Phi) is 4.51. The van der Waals surface area contributed by atoms with E-state index in [0.29, 0.717) is 17.3 Å². The van der Waals surface area contributed by atoms with Crippen molar-refractivity contribution in [2.75, 3.05) is 12.4 Å². The maximum atomic E-state index is 12.1. The number of methoxy groups -OCH3 is 1. The van der Waals surface area contributed by atoms with Gasteiger partial charge in [0.15, 0.2) is 11.6 Å². The van der Waals surface area contributed by atoms with Gasteiger partial charge in [0.2, 0.25) is 0 Å². The normalized spacial score (nSPS) is 10.4. The van der Waals surface area contributed by atoms with E-state index in [1.165, 1.54) is 0 Å². The van der Waals surface area contributed by atoms with Gasteiger partial charge in [-0.05, 0) is 36.4 Å². The second-order valence-electron chi connectivity index (χ2n) is 5.06. The molecule has 0 saturated carbocycles. The molecule has 0 bridgehead atoms. The first-order valence-corrected chi connectivity index (χ1v) is 7.30. The number of aryl methyl sites for hydroxylation is 1. The monoisotopic (exact) mass is 327 g/mol. The van der Waals surface area contributed by atoms with Crippen molar-refractivity contribution in [2.45, 2.75) is 6.61 Å². The van der Waals surface area contributed by atoms with Crippen LogP contribution in [0.4, 0.5) is 5.82 Å². The molecule has 24 heavy (non-hydrogen) atoms. The number of amides is 1. The van der Waals surface area contributed by atoms with Gasteiger partial charge in [-0.25, -0.2) is 0 Å². The van der Waals surface area contributed by atoms with Crippen LogP contribution in [0, 0.1) is 0 Å². The molecule has 0 aliphatic carbocycles. The standard InChI is InChI=1S/C17H17N3O4/c1-20-10-9-16(19-20)18-17(21)15-8-7-14(24-15)11-23-13-5-3-12(22-2)4-6-13/h3-10H,11H2,1-2H3,(H,18,19,21). The van der Waals surface area contributed by atoms with Crippen molar-refractivity contribution in [1.29, 1.82) is 0 Å². The Morgan fingerprint density at radius 2 is 1.92 bits per heavy atom. The largest absolute Gasteiger partial charge is 0.497 e. The molecule has 0 unspecified atom stereocenters. The van der Waals surface area contributed by atoms with Crippen LogP contribution in [0.3, 0.4) is 0 Å². The highest BCUT2D eigenvalue weighted by Gasteiger charge is 2.13. The zero-order valence-electron chi connectivity index (χ0n) is 13.4. The number of hydrogen-bond acceptors (Lipinski definition) is 5. The molecule has 0 spiro atoms. The number of nitrogens with zero attached hydrogens (tertiary/aromatic N) is 2. The molecule has 0 saturated heterocycles. The number of ether oxygens (including phenoxy) is 2. The maximum Gasteiger partial charge on any atom is 0.292 e. The highest BCUT2D eigenvalue weighted by molar-refractivity contribution is 6.01. The van der Waals surface area contributed by atoms with E-state index in [0.717, 1.165) is 5.75 Å². The molecule has 7 nitrogen and oxygen atoms in total. The van der Waals surface area contributed by atoms with Crippen molar-refractivity contribution in [3.63, 3.8) is 0 Å². The Balaban J connectivity index is 1.57. The molecule has 3 aromatic rings. The Labute approximate surface area is 138 Å². The molecule has 1 N–H and O–H groups in total. The fourth-order valence-corrected chi connectivity index (χ4v) is 2.06. The summed E-state index contributed by atoms with van der Waals surface area (Å²) in [6, 6.07) is 12.2. The van der Waals surface area contributed by atoms with Crippen molar-refractivity contribution in [3.05, 3.63) is 60.2 Å². The highest BCUT2D eigenvalue weighted by atomic mass is 16.5. The van der Waals surface area contributed by atoms with Gasteiger partial charge >= 0.3 is 0 Å². The van der Waals surface area contributed by atoms with Gasteiger partial charge in [0.1, 0.15) is 23.9 Å². The molecule has 0 aliphatic heterocycles. The number of nitrogens with one attached hydrogen (secondary N) is 1. The highest BCUT2D eigenvalue weighted by Crippen LogP contribution is 2.19. The van der Waals surface area contributed by atoms with Crippen LogP contribution in [0.25, 0.3) is 0 Å². The third-order valence-electron chi connectivity index (χ3n) is 3.28. The first-order chi connectivity index (χ1) is 11.6. The molecule has 0 atom stereocenters. The summed E-state index contributed by atoms with van der Waals surface area (Å²) in [6.45, 7) is 0.225. The van der Waals surface area contributed by atoms with E-state index in [9.17, 15) is 4.79 Å². The second-order valence-corrected chi connectivity index (χ2v) is 5.06. The molecule has 2 aromatic heterocycles. The molecule has 124 valence electrons. The Bertz CT molecular complexity index is 820. The lowest BCUT2D eigenvalue weighted by Crippen LogP contribution is -2.11. The number of carbonyl (C=O) groups is 1. The topological polar surface area (TPSA) is 78.5 Å². The van der Waals surface area contributed by atoms with Gasteiger partial charge in [-0.1, -0.05) is 0 Å². The van der Waals surface area contributed by atoms with Crippen molar-refractivity contribution < 1.29 is 18.7 Å². The quantitative estimate of drug-likeness (QED) is 0.753. The van der Waals surface area contributed by atoms with Crippen molar-refractivity contribution in [2.24, 2.45) is 7.05 Å². The van der Waals surface area contributed by atoms with Gasteiger partial charge in [0, 0.05) is 19.3 Å². The molecule has 0 radical (unpaired) electrons. The van der Waals surface area contributed by atoms with Gasteiger partial charge in [-0.2, -0.15) is 5.10 Å².